The van der Waals surface area contributed by atoms with E-state index in [1.807, 2.05) is 0 Å². The quantitative estimate of drug-likeness (QED) is 0.149. The molecule has 0 bridgehead atoms. The molecule has 2 aliphatic carbocycles. The van der Waals surface area contributed by atoms with Crippen molar-refractivity contribution in [1.82, 2.24) is 0 Å². The standard InChI is InChI=1S/C62H40N2/c1-2-14-39(15-3-1)44-34-35-46-38-57(64-58(46)36-44)41-28-32-43(33-29-41)60-49-19-7-11-23-53(49)62(54-24-12-8-20-50(54)60)61-51-21-9-5-17-47(51)59(48-18-6-10-22-52(48)61)42-30-26-40(27-31-42)56-37-45-16-4-13-25-55(45)63-56/h1-38,45-46H. The van der Waals surface area contributed by atoms with Crippen molar-refractivity contribution in [2.24, 2.45) is 21.8 Å². The predicted molar refractivity (Wildman–Crippen MR) is 272 cm³/mol. The van der Waals surface area contributed by atoms with Crippen LogP contribution < -0.4 is 0 Å². The average Bonchev–Trinajstić information content (AvgIpc) is 4.01. The topological polar surface area (TPSA) is 24.7 Å². The number of nitrogens with zero attached hydrogens (tertiary/aromatic N) is 2. The highest BCUT2D eigenvalue weighted by Crippen LogP contribution is 2.50. The van der Waals surface area contributed by atoms with E-state index >= 15 is 0 Å². The van der Waals surface area contributed by atoms with Crippen LogP contribution in [0.4, 0.5) is 0 Å². The van der Waals surface area contributed by atoms with Gasteiger partial charge in [-0.15, -0.1) is 0 Å². The fourth-order valence-corrected chi connectivity index (χ4v) is 10.5. The molecule has 2 atom stereocenters. The maximum absolute atomic E-state index is 5.15. The van der Waals surface area contributed by atoms with Crippen LogP contribution in [0.3, 0.4) is 0 Å². The fraction of sp³-hybridized carbons (Fsp3) is 0.0323. The lowest BCUT2D eigenvalue weighted by atomic mass is 9.81. The molecule has 2 heterocycles. The van der Waals surface area contributed by atoms with Gasteiger partial charge in [-0.25, -0.2) is 0 Å². The van der Waals surface area contributed by atoms with Crippen LogP contribution >= 0.6 is 0 Å². The van der Waals surface area contributed by atoms with Crippen molar-refractivity contribution in [2.45, 2.75) is 0 Å². The maximum atomic E-state index is 5.15. The maximum Gasteiger partial charge on any atom is 0.0675 e. The second kappa shape index (κ2) is 14.7. The van der Waals surface area contributed by atoms with Crippen LogP contribution in [0, 0.1) is 11.8 Å². The Balaban J connectivity index is 0.943. The van der Waals surface area contributed by atoms with Gasteiger partial charge in [-0.1, -0.05) is 206 Å². The Labute approximate surface area is 372 Å². The van der Waals surface area contributed by atoms with Crippen molar-refractivity contribution in [3.8, 4) is 33.4 Å². The average molecular weight is 813 g/mol. The first kappa shape index (κ1) is 36.5. The molecule has 9 aromatic rings. The van der Waals surface area contributed by atoms with E-state index in [2.05, 4.69) is 231 Å². The largest absolute Gasteiger partial charge is 0.252 e. The highest BCUT2D eigenvalue weighted by Gasteiger charge is 2.25. The van der Waals surface area contributed by atoms with Gasteiger partial charge in [-0.05, 0) is 123 Å². The second-order valence-corrected chi connectivity index (χ2v) is 17.1. The molecule has 2 unspecified atom stereocenters. The van der Waals surface area contributed by atoms with E-state index in [1.165, 1.54) is 87.6 Å². The van der Waals surface area contributed by atoms with Crippen LogP contribution in [0.2, 0.25) is 0 Å². The van der Waals surface area contributed by atoms with Gasteiger partial charge in [0.2, 0.25) is 0 Å². The molecular formula is C62H40N2. The number of allylic oxidation sites excluding steroid dienone is 10. The third-order valence-electron chi connectivity index (χ3n) is 13.5. The third kappa shape index (κ3) is 5.87. The highest BCUT2D eigenvalue weighted by molar-refractivity contribution is 6.30. The van der Waals surface area contributed by atoms with Crippen LogP contribution in [0.1, 0.15) is 16.7 Å². The van der Waals surface area contributed by atoms with E-state index in [4.69, 9.17) is 9.98 Å². The molecule has 298 valence electrons. The number of hydrogen-bond acceptors (Lipinski definition) is 2. The zero-order valence-electron chi connectivity index (χ0n) is 35.0. The van der Waals surface area contributed by atoms with Crippen molar-refractivity contribution >= 4 is 71.5 Å². The first-order chi connectivity index (χ1) is 31.7. The molecule has 0 N–H and O–H groups in total. The van der Waals surface area contributed by atoms with Gasteiger partial charge in [0, 0.05) is 11.8 Å². The summed E-state index contributed by atoms with van der Waals surface area (Å²) in [5.41, 5.74) is 16.4. The lowest BCUT2D eigenvalue weighted by Crippen LogP contribution is -2.07. The zero-order chi connectivity index (χ0) is 42.1. The van der Waals surface area contributed by atoms with Crippen molar-refractivity contribution < 1.29 is 0 Å². The van der Waals surface area contributed by atoms with Gasteiger partial charge in [-0.2, -0.15) is 0 Å². The molecule has 2 nitrogen and oxygen atoms in total. The van der Waals surface area contributed by atoms with E-state index in [1.54, 1.807) is 0 Å². The Bertz CT molecular complexity index is 3570. The summed E-state index contributed by atoms with van der Waals surface area (Å²) < 4.78 is 0. The molecule has 0 saturated carbocycles. The first-order valence-corrected chi connectivity index (χ1v) is 22.2. The second-order valence-electron chi connectivity index (χ2n) is 17.1. The lowest BCUT2D eigenvalue weighted by molar-refractivity contribution is 1.17. The molecule has 0 fully saturated rings. The predicted octanol–water partition coefficient (Wildman–Crippen LogP) is 15.9. The van der Waals surface area contributed by atoms with Gasteiger partial charge in [0.15, 0.2) is 0 Å². The van der Waals surface area contributed by atoms with Gasteiger partial charge in [0.1, 0.15) is 0 Å². The van der Waals surface area contributed by atoms with E-state index < -0.39 is 0 Å². The van der Waals surface area contributed by atoms with E-state index in [9.17, 15) is 0 Å². The highest BCUT2D eigenvalue weighted by atomic mass is 14.8. The summed E-state index contributed by atoms with van der Waals surface area (Å²) in [6, 6.07) is 64.6. The summed E-state index contributed by atoms with van der Waals surface area (Å²) in [5, 5.41) is 9.93. The van der Waals surface area contributed by atoms with E-state index in [0.717, 1.165) is 33.9 Å². The fourth-order valence-electron chi connectivity index (χ4n) is 10.5. The number of benzene rings is 9. The van der Waals surface area contributed by atoms with Crippen LogP contribution in [-0.2, 0) is 0 Å². The Morgan fingerprint density at radius 3 is 1.14 bits per heavy atom. The van der Waals surface area contributed by atoms with Gasteiger partial charge in [0.05, 0.1) is 22.8 Å². The third-order valence-corrected chi connectivity index (χ3v) is 13.5. The van der Waals surface area contributed by atoms with Gasteiger partial charge in [0.25, 0.3) is 0 Å². The molecule has 9 aromatic carbocycles. The number of fused-ring (bicyclic) bond motifs is 6. The number of aliphatic imine (C=N–C) groups is 2. The van der Waals surface area contributed by atoms with E-state index in [-0.39, 0.29) is 11.8 Å². The van der Waals surface area contributed by atoms with Crippen molar-refractivity contribution in [3.63, 3.8) is 0 Å². The minimum absolute atomic E-state index is 0.194. The summed E-state index contributed by atoms with van der Waals surface area (Å²) in [4.78, 5) is 10.1. The van der Waals surface area contributed by atoms with Gasteiger partial charge in [-0.3, -0.25) is 9.98 Å². The molecule has 0 aromatic heterocycles. The van der Waals surface area contributed by atoms with Crippen LogP contribution in [-0.4, -0.2) is 11.4 Å². The molecule has 2 aliphatic heterocycles. The first-order valence-electron chi connectivity index (χ1n) is 22.2. The summed E-state index contributed by atoms with van der Waals surface area (Å²) in [7, 11) is 0. The van der Waals surface area contributed by atoms with Crippen LogP contribution in [0.5, 0.6) is 0 Å². The normalized spacial score (nSPS) is 17.3. The van der Waals surface area contributed by atoms with Gasteiger partial charge < -0.3 is 0 Å². The SMILES string of the molecule is C1=CC2=NC(c3ccc(-c4c5ccccc5c(-c5c6ccccc6c(-c6ccc(C7=CC8C=CC(c9ccccc9)=CC8=N7)cc6)c6ccccc56)c5ccccc45)cc3)=CC2C=C1. The molecule has 64 heavy (non-hydrogen) atoms. The Morgan fingerprint density at radius 1 is 0.297 bits per heavy atom. The Kier molecular flexibility index (Phi) is 8.39. The molecule has 13 rings (SSSR count). The number of hydrogen-bond donors (Lipinski definition) is 0. The smallest absolute Gasteiger partial charge is 0.0675 e. The number of rotatable bonds is 6. The van der Waals surface area contributed by atoms with Crippen molar-refractivity contribution in [3.05, 3.63) is 247 Å². The molecular weight excluding hydrogens is 773 g/mol. The summed E-state index contributed by atoms with van der Waals surface area (Å²) in [5.74, 6) is 0.451. The van der Waals surface area contributed by atoms with Crippen molar-refractivity contribution in [2.75, 3.05) is 0 Å². The van der Waals surface area contributed by atoms with E-state index in [0.29, 0.717) is 0 Å². The van der Waals surface area contributed by atoms with Crippen molar-refractivity contribution in [1.29, 1.82) is 0 Å². The summed E-state index contributed by atoms with van der Waals surface area (Å²) >= 11 is 0. The minimum atomic E-state index is 0.194. The zero-order valence-corrected chi connectivity index (χ0v) is 35.0. The minimum Gasteiger partial charge on any atom is -0.252 e. The molecule has 0 spiro atoms. The molecule has 0 radical (unpaired) electrons. The Morgan fingerprint density at radius 2 is 0.688 bits per heavy atom. The van der Waals surface area contributed by atoms with Crippen LogP contribution in [0.25, 0.3) is 93.4 Å². The summed E-state index contributed by atoms with van der Waals surface area (Å²) in [6.45, 7) is 0. The molecule has 2 heteroatoms. The Hall–Kier alpha value is -8.20. The monoisotopic (exact) mass is 812 g/mol. The molecule has 0 saturated heterocycles. The summed E-state index contributed by atoms with van der Waals surface area (Å²) in [6.07, 6.45) is 19.8. The molecule has 0 amide bonds. The lowest BCUT2D eigenvalue weighted by Gasteiger charge is -2.22. The van der Waals surface area contributed by atoms with Gasteiger partial charge >= 0.3 is 0 Å². The van der Waals surface area contributed by atoms with Crippen LogP contribution in [0.15, 0.2) is 241 Å². The molecule has 4 aliphatic rings.